The fourth-order valence-corrected chi connectivity index (χ4v) is 2.99. The van der Waals surface area contributed by atoms with E-state index in [0.29, 0.717) is 11.4 Å². The number of amides is 1. The van der Waals surface area contributed by atoms with Gasteiger partial charge in [0, 0.05) is 16.3 Å². The Morgan fingerprint density at radius 2 is 1.73 bits per heavy atom. The molecule has 2 aromatic heterocycles. The van der Waals surface area contributed by atoms with E-state index < -0.39 is 0 Å². The number of carbonyl (C=O) groups excluding carboxylic acids is 1. The predicted molar refractivity (Wildman–Crippen MR) is 104 cm³/mol. The lowest BCUT2D eigenvalue weighted by Gasteiger charge is -2.16. The Morgan fingerprint density at radius 3 is 2.46 bits per heavy atom. The summed E-state index contributed by atoms with van der Waals surface area (Å²) in [6.07, 6.45) is 3.28. The van der Waals surface area contributed by atoms with Crippen molar-refractivity contribution in [1.82, 2.24) is 15.0 Å². The molecule has 2 aromatic carbocycles. The number of hydrogen-bond donors (Lipinski definition) is 2. The van der Waals surface area contributed by atoms with Gasteiger partial charge in [0.05, 0.1) is 18.1 Å². The minimum absolute atomic E-state index is 0.124. The Hall–Kier alpha value is -3.21. The molecule has 0 spiro atoms. The second-order valence-corrected chi connectivity index (χ2v) is 7.43. The van der Waals surface area contributed by atoms with Crippen LogP contribution in [0.3, 0.4) is 0 Å². The maximum absolute atomic E-state index is 12.6. The maximum Gasteiger partial charge on any atom is 0.272 e. The van der Waals surface area contributed by atoms with Crippen LogP contribution in [-0.4, -0.2) is 20.9 Å². The standard InChI is InChI=1S/C21H20N4O/c1-21(2,3)20-22-11-14(12-23-20)24-19(26)18-10-16-15-7-5-4-6-13(15)8-9-17(16)25-18/h4-12,25H,1-3H3,(H,24,26). The van der Waals surface area contributed by atoms with Crippen LogP contribution >= 0.6 is 0 Å². The Kier molecular flexibility index (Phi) is 3.72. The highest BCUT2D eigenvalue weighted by atomic mass is 16.1. The van der Waals surface area contributed by atoms with Gasteiger partial charge in [-0.15, -0.1) is 0 Å². The van der Waals surface area contributed by atoms with Crippen molar-refractivity contribution in [2.45, 2.75) is 26.2 Å². The molecule has 1 amide bonds. The molecule has 2 N–H and O–H groups in total. The first-order valence-electron chi connectivity index (χ1n) is 8.56. The van der Waals surface area contributed by atoms with Gasteiger partial charge in [-0.05, 0) is 22.9 Å². The van der Waals surface area contributed by atoms with Crippen molar-refractivity contribution in [3.63, 3.8) is 0 Å². The van der Waals surface area contributed by atoms with Crippen LogP contribution in [0.25, 0.3) is 21.7 Å². The first-order valence-corrected chi connectivity index (χ1v) is 8.56. The van der Waals surface area contributed by atoms with Crippen molar-refractivity contribution in [1.29, 1.82) is 0 Å². The van der Waals surface area contributed by atoms with Gasteiger partial charge in [0.15, 0.2) is 0 Å². The lowest BCUT2D eigenvalue weighted by atomic mass is 9.96. The molecule has 0 atom stereocenters. The molecule has 2 heterocycles. The van der Waals surface area contributed by atoms with Gasteiger partial charge < -0.3 is 10.3 Å². The van der Waals surface area contributed by atoms with E-state index in [4.69, 9.17) is 0 Å². The Bertz CT molecular complexity index is 1100. The van der Waals surface area contributed by atoms with E-state index in [9.17, 15) is 4.79 Å². The molecule has 0 radical (unpaired) electrons. The smallest absolute Gasteiger partial charge is 0.272 e. The van der Waals surface area contributed by atoms with E-state index in [1.54, 1.807) is 12.4 Å². The largest absolute Gasteiger partial charge is 0.351 e. The van der Waals surface area contributed by atoms with Crippen molar-refractivity contribution in [2.24, 2.45) is 0 Å². The number of nitrogens with zero attached hydrogens (tertiary/aromatic N) is 2. The van der Waals surface area contributed by atoms with E-state index in [-0.39, 0.29) is 11.3 Å². The zero-order chi connectivity index (χ0) is 18.3. The normalized spacial score (nSPS) is 11.8. The zero-order valence-electron chi connectivity index (χ0n) is 15.0. The summed E-state index contributed by atoms with van der Waals surface area (Å²) in [5, 5.41) is 6.16. The summed E-state index contributed by atoms with van der Waals surface area (Å²) < 4.78 is 0. The van der Waals surface area contributed by atoms with Gasteiger partial charge in [-0.2, -0.15) is 0 Å². The number of anilines is 1. The minimum Gasteiger partial charge on any atom is -0.351 e. The SMILES string of the molecule is CC(C)(C)c1ncc(NC(=O)c2cc3c(ccc4ccccc43)[nH]2)cn1. The van der Waals surface area contributed by atoms with Crippen molar-refractivity contribution in [2.75, 3.05) is 5.32 Å². The molecule has 130 valence electrons. The fraction of sp³-hybridized carbons (Fsp3) is 0.190. The minimum atomic E-state index is -0.211. The number of nitrogens with one attached hydrogen (secondary N) is 2. The molecule has 0 aliphatic heterocycles. The van der Waals surface area contributed by atoms with E-state index in [0.717, 1.165) is 27.5 Å². The zero-order valence-corrected chi connectivity index (χ0v) is 15.0. The van der Waals surface area contributed by atoms with Crippen LogP contribution in [0.1, 0.15) is 37.1 Å². The topological polar surface area (TPSA) is 70.7 Å². The molecule has 0 saturated heterocycles. The summed E-state index contributed by atoms with van der Waals surface area (Å²) in [6, 6.07) is 14.1. The molecular formula is C21H20N4O. The van der Waals surface area contributed by atoms with Crippen molar-refractivity contribution < 1.29 is 4.79 Å². The Labute approximate surface area is 151 Å². The number of H-pyrrole nitrogens is 1. The van der Waals surface area contributed by atoms with Crippen LogP contribution in [0, 0.1) is 0 Å². The predicted octanol–water partition coefficient (Wildman–Crippen LogP) is 4.66. The lowest BCUT2D eigenvalue weighted by molar-refractivity contribution is 0.102. The van der Waals surface area contributed by atoms with Gasteiger partial charge in [0.25, 0.3) is 5.91 Å². The number of benzene rings is 2. The van der Waals surface area contributed by atoms with E-state index >= 15 is 0 Å². The quantitative estimate of drug-likeness (QED) is 0.555. The summed E-state index contributed by atoms with van der Waals surface area (Å²) in [6.45, 7) is 6.15. The number of fused-ring (bicyclic) bond motifs is 3. The summed E-state index contributed by atoms with van der Waals surface area (Å²) >= 11 is 0. The maximum atomic E-state index is 12.6. The van der Waals surface area contributed by atoms with Gasteiger partial charge in [-0.1, -0.05) is 51.1 Å². The molecule has 0 unspecified atom stereocenters. The average molecular weight is 344 g/mol. The van der Waals surface area contributed by atoms with Gasteiger partial charge in [-0.25, -0.2) is 9.97 Å². The molecule has 26 heavy (non-hydrogen) atoms. The van der Waals surface area contributed by atoms with Crippen molar-refractivity contribution in [3.8, 4) is 0 Å². The fourth-order valence-electron chi connectivity index (χ4n) is 2.99. The highest BCUT2D eigenvalue weighted by Crippen LogP contribution is 2.26. The van der Waals surface area contributed by atoms with Crippen LogP contribution < -0.4 is 5.32 Å². The van der Waals surface area contributed by atoms with Crippen LogP contribution in [0.4, 0.5) is 5.69 Å². The highest BCUT2D eigenvalue weighted by Gasteiger charge is 2.17. The monoisotopic (exact) mass is 344 g/mol. The molecule has 0 saturated carbocycles. The molecule has 5 heteroatoms. The van der Waals surface area contributed by atoms with E-state index in [1.807, 2.05) is 24.3 Å². The number of hydrogen-bond acceptors (Lipinski definition) is 3. The molecule has 0 aliphatic rings. The molecule has 4 rings (SSSR count). The second kappa shape index (κ2) is 5.95. The van der Waals surface area contributed by atoms with Crippen LogP contribution in [0.2, 0.25) is 0 Å². The third kappa shape index (κ3) is 2.92. The number of rotatable bonds is 2. The first-order chi connectivity index (χ1) is 12.4. The summed E-state index contributed by atoms with van der Waals surface area (Å²) in [7, 11) is 0. The molecule has 5 nitrogen and oxygen atoms in total. The van der Waals surface area contributed by atoms with Crippen LogP contribution in [0.5, 0.6) is 0 Å². The van der Waals surface area contributed by atoms with Crippen LogP contribution in [-0.2, 0) is 5.41 Å². The van der Waals surface area contributed by atoms with Crippen LogP contribution in [0.15, 0.2) is 54.9 Å². The summed E-state index contributed by atoms with van der Waals surface area (Å²) in [4.78, 5) is 24.5. The van der Waals surface area contributed by atoms with Gasteiger partial charge in [0.1, 0.15) is 11.5 Å². The molecular weight excluding hydrogens is 324 g/mol. The molecule has 0 fully saturated rings. The highest BCUT2D eigenvalue weighted by molar-refractivity contribution is 6.12. The average Bonchev–Trinajstić information content (AvgIpc) is 3.06. The van der Waals surface area contributed by atoms with E-state index in [1.165, 1.54) is 0 Å². The lowest BCUT2D eigenvalue weighted by Crippen LogP contribution is -2.17. The van der Waals surface area contributed by atoms with E-state index in [2.05, 4.69) is 59.2 Å². The second-order valence-electron chi connectivity index (χ2n) is 7.43. The van der Waals surface area contributed by atoms with Crippen molar-refractivity contribution >= 4 is 33.3 Å². The molecule has 0 aliphatic carbocycles. The number of aromatic amines is 1. The molecule has 4 aromatic rings. The van der Waals surface area contributed by atoms with Gasteiger partial charge in [-0.3, -0.25) is 4.79 Å². The number of carbonyl (C=O) groups is 1. The summed E-state index contributed by atoms with van der Waals surface area (Å²) in [5.74, 6) is 0.532. The van der Waals surface area contributed by atoms with Crippen molar-refractivity contribution in [3.05, 3.63) is 66.4 Å². The van der Waals surface area contributed by atoms with Gasteiger partial charge >= 0.3 is 0 Å². The Morgan fingerprint density at radius 1 is 1.00 bits per heavy atom. The first kappa shape index (κ1) is 16.3. The number of aromatic nitrogens is 3. The summed E-state index contributed by atoms with van der Waals surface area (Å²) in [5.41, 5.74) is 1.90. The third-order valence-corrected chi connectivity index (χ3v) is 4.35. The Balaban J connectivity index is 1.63. The molecule has 0 bridgehead atoms. The third-order valence-electron chi connectivity index (χ3n) is 4.35. The van der Waals surface area contributed by atoms with Gasteiger partial charge in [0.2, 0.25) is 0 Å².